The summed E-state index contributed by atoms with van der Waals surface area (Å²) in [6.07, 6.45) is 1.03. The molecule has 0 bridgehead atoms. The second kappa shape index (κ2) is 5.83. The van der Waals surface area contributed by atoms with Crippen molar-refractivity contribution in [3.05, 3.63) is 47.2 Å². The van der Waals surface area contributed by atoms with Crippen LogP contribution in [0.1, 0.15) is 25.8 Å². The Morgan fingerprint density at radius 2 is 2.06 bits per heavy atom. The maximum atomic E-state index is 11.2. The zero-order valence-electron chi connectivity index (χ0n) is 11.1. The average molecular weight is 244 g/mol. The Morgan fingerprint density at radius 3 is 2.72 bits per heavy atom. The summed E-state index contributed by atoms with van der Waals surface area (Å²) in [4.78, 5) is 13.5. The molecule has 0 saturated carbocycles. The van der Waals surface area contributed by atoms with Crippen molar-refractivity contribution < 1.29 is 4.79 Å². The highest BCUT2D eigenvalue weighted by atomic mass is 16.1. The number of hydrogen-bond donors (Lipinski definition) is 1. The van der Waals surface area contributed by atoms with Crippen LogP contribution < -0.4 is 5.32 Å². The summed E-state index contributed by atoms with van der Waals surface area (Å²) in [5.74, 6) is 0.0194. The molecule has 0 radical (unpaired) electrons. The van der Waals surface area contributed by atoms with Crippen LogP contribution in [0.2, 0.25) is 0 Å². The predicted molar refractivity (Wildman–Crippen MR) is 72.9 cm³/mol. The van der Waals surface area contributed by atoms with Crippen molar-refractivity contribution in [1.29, 1.82) is 0 Å². The van der Waals surface area contributed by atoms with Gasteiger partial charge in [-0.2, -0.15) is 0 Å². The van der Waals surface area contributed by atoms with Gasteiger partial charge in [0.25, 0.3) is 0 Å². The van der Waals surface area contributed by atoms with E-state index in [1.165, 1.54) is 11.1 Å². The fourth-order valence-corrected chi connectivity index (χ4v) is 2.25. The minimum Gasteiger partial charge on any atom is -0.329 e. The summed E-state index contributed by atoms with van der Waals surface area (Å²) in [6, 6.07) is 10.4. The fraction of sp³-hybridized carbons (Fsp3) is 0.400. The van der Waals surface area contributed by atoms with Gasteiger partial charge >= 0.3 is 0 Å². The Morgan fingerprint density at radius 1 is 1.33 bits per heavy atom. The number of carbonyl (C=O) groups is 1. The molecule has 0 spiro atoms. The van der Waals surface area contributed by atoms with Gasteiger partial charge in [-0.1, -0.05) is 35.9 Å². The van der Waals surface area contributed by atoms with Crippen LogP contribution >= 0.6 is 0 Å². The Labute approximate surface area is 108 Å². The van der Waals surface area contributed by atoms with Crippen molar-refractivity contribution in [3.63, 3.8) is 0 Å². The van der Waals surface area contributed by atoms with Crippen LogP contribution in [0.3, 0.4) is 0 Å². The SMILES string of the molecule is CC(=O)NC1=C(C)CCN(Cc2ccccc2)C1. The van der Waals surface area contributed by atoms with Gasteiger partial charge in [0, 0.05) is 32.3 Å². The van der Waals surface area contributed by atoms with Crippen LogP contribution in [0.5, 0.6) is 0 Å². The van der Waals surface area contributed by atoms with E-state index in [0.29, 0.717) is 0 Å². The minimum atomic E-state index is 0.0194. The second-order valence-corrected chi connectivity index (χ2v) is 4.89. The van der Waals surface area contributed by atoms with E-state index >= 15 is 0 Å². The number of nitrogens with zero attached hydrogens (tertiary/aromatic N) is 1. The van der Waals surface area contributed by atoms with E-state index < -0.39 is 0 Å². The van der Waals surface area contributed by atoms with Crippen molar-refractivity contribution >= 4 is 5.91 Å². The summed E-state index contributed by atoms with van der Waals surface area (Å²) < 4.78 is 0. The van der Waals surface area contributed by atoms with E-state index in [-0.39, 0.29) is 5.91 Å². The van der Waals surface area contributed by atoms with Gasteiger partial charge in [0.2, 0.25) is 5.91 Å². The van der Waals surface area contributed by atoms with E-state index in [9.17, 15) is 4.79 Å². The first-order valence-electron chi connectivity index (χ1n) is 6.37. The number of nitrogens with one attached hydrogen (secondary N) is 1. The number of amides is 1. The van der Waals surface area contributed by atoms with Crippen LogP contribution in [0, 0.1) is 0 Å². The van der Waals surface area contributed by atoms with Crippen LogP contribution in [-0.4, -0.2) is 23.9 Å². The molecule has 96 valence electrons. The van der Waals surface area contributed by atoms with Crippen molar-refractivity contribution in [2.75, 3.05) is 13.1 Å². The highest BCUT2D eigenvalue weighted by Crippen LogP contribution is 2.17. The zero-order valence-corrected chi connectivity index (χ0v) is 11.1. The summed E-state index contributed by atoms with van der Waals surface area (Å²) in [5, 5.41) is 2.95. The number of carbonyl (C=O) groups excluding carboxylic acids is 1. The molecule has 0 saturated heterocycles. The van der Waals surface area contributed by atoms with Crippen molar-refractivity contribution in [3.8, 4) is 0 Å². The third-order valence-corrected chi connectivity index (χ3v) is 3.28. The smallest absolute Gasteiger partial charge is 0.221 e. The van der Waals surface area contributed by atoms with Gasteiger partial charge in [-0.25, -0.2) is 0 Å². The van der Waals surface area contributed by atoms with Crippen molar-refractivity contribution in [1.82, 2.24) is 10.2 Å². The maximum absolute atomic E-state index is 11.2. The van der Waals surface area contributed by atoms with Crippen LogP contribution in [0.25, 0.3) is 0 Å². The summed E-state index contributed by atoms with van der Waals surface area (Å²) in [7, 11) is 0. The molecule has 1 aromatic rings. The molecule has 3 heteroatoms. The van der Waals surface area contributed by atoms with E-state index in [2.05, 4.69) is 41.4 Å². The summed E-state index contributed by atoms with van der Waals surface area (Å²) in [5.41, 5.74) is 3.69. The molecule has 1 heterocycles. The first kappa shape index (κ1) is 12.8. The molecule has 0 fully saturated rings. The molecule has 1 N–H and O–H groups in total. The van der Waals surface area contributed by atoms with E-state index in [1.807, 2.05) is 6.07 Å². The van der Waals surface area contributed by atoms with Crippen LogP contribution in [0.15, 0.2) is 41.6 Å². The van der Waals surface area contributed by atoms with E-state index in [1.54, 1.807) is 6.92 Å². The van der Waals surface area contributed by atoms with Crippen molar-refractivity contribution in [2.24, 2.45) is 0 Å². The lowest BCUT2D eigenvalue weighted by Gasteiger charge is -2.29. The number of rotatable bonds is 3. The molecule has 0 aromatic heterocycles. The number of hydrogen-bond acceptors (Lipinski definition) is 2. The van der Waals surface area contributed by atoms with Gasteiger partial charge in [0.05, 0.1) is 0 Å². The van der Waals surface area contributed by atoms with Crippen LogP contribution in [-0.2, 0) is 11.3 Å². The molecular formula is C15H20N2O. The molecular weight excluding hydrogens is 224 g/mol. The van der Waals surface area contributed by atoms with Crippen molar-refractivity contribution in [2.45, 2.75) is 26.8 Å². The molecule has 1 aliphatic rings. The van der Waals surface area contributed by atoms with Crippen LogP contribution in [0.4, 0.5) is 0 Å². The Bertz CT molecular complexity index is 451. The summed E-state index contributed by atoms with van der Waals surface area (Å²) in [6.45, 7) is 6.50. The standard InChI is InChI=1S/C15H20N2O/c1-12-8-9-17(11-15(12)16-13(2)18)10-14-6-4-3-5-7-14/h3-7H,8-11H2,1-2H3,(H,16,18). The quantitative estimate of drug-likeness (QED) is 0.885. The second-order valence-electron chi connectivity index (χ2n) is 4.89. The topological polar surface area (TPSA) is 32.3 Å². The molecule has 0 unspecified atom stereocenters. The van der Waals surface area contributed by atoms with Gasteiger partial charge in [0.15, 0.2) is 0 Å². The predicted octanol–water partition coefficient (Wildman–Crippen LogP) is 2.30. The average Bonchev–Trinajstić information content (AvgIpc) is 2.34. The molecule has 3 nitrogen and oxygen atoms in total. The van der Waals surface area contributed by atoms with Gasteiger partial charge in [-0.15, -0.1) is 0 Å². The highest BCUT2D eigenvalue weighted by Gasteiger charge is 2.17. The van der Waals surface area contributed by atoms with E-state index in [4.69, 9.17) is 0 Å². The monoisotopic (exact) mass is 244 g/mol. The molecule has 2 rings (SSSR count). The third-order valence-electron chi connectivity index (χ3n) is 3.28. The molecule has 1 aliphatic heterocycles. The lowest BCUT2D eigenvalue weighted by atomic mass is 10.1. The van der Waals surface area contributed by atoms with Gasteiger partial charge in [0.1, 0.15) is 0 Å². The zero-order chi connectivity index (χ0) is 13.0. The first-order chi connectivity index (χ1) is 8.65. The minimum absolute atomic E-state index is 0.0194. The molecule has 0 aliphatic carbocycles. The number of benzene rings is 1. The normalized spacial score (nSPS) is 16.8. The largest absolute Gasteiger partial charge is 0.329 e. The van der Waals surface area contributed by atoms with Gasteiger partial charge in [-0.05, 0) is 18.9 Å². The van der Waals surface area contributed by atoms with E-state index in [0.717, 1.165) is 31.8 Å². The third kappa shape index (κ3) is 3.44. The lowest BCUT2D eigenvalue weighted by molar-refractivity contribution is -0.118. The lowest BCUT2D eigenvalue weighted by Crippen LogP contribution is -2.37. The molecule has 18 heavy (non-hydrogen) atoms. The van der Waals surface area contributed by atoms with Gasteiger partial charge in [-0.3, -0.25) is 9.69 Å². The van der Waals surface area contributed by atoms with Gasteiger partial charge < -0.3 is 5.32 Å². The Kier molecular flexibility index (Phi) is 4.15. The maximum Gasteiger partial charge on any atom is 0.221 e. The molecule has 0 atom stereocenters. The fourth-order valence-electron chi connectivity index (χ4n) is 2.25. The molecule has 1 aromatic carbocycles. The summed E-state index contributed by atoms with van der Waals surface area (Å²) >= 11 is 0. The first-order valence-corrected chi connectivity index (χ1v) is 6.37. The Hall–Kier alpha value is -1.61. The Balaban J connectivity index is 1.99. The highest BCUT2D eigenvalue weighted by molar-refractivity contribution is 5.75. The molecule has 1 amide bonds.